The third kappa shape index (κ3) is 3.33. The lowest BCUT2D eigenvalue weighted by atomic mass is 10.1. The van der Waals surface area contributed by atoms with Crippen LogP contribution < -0.4 is 9.47 Å². The lowest BCUT2D eigenvalue weighted by Crippen LogP contribution is -2.03. The second kappa shape index (κ2) is 6.47. The zero-order valence-corrected chi connectivity index (χ0v) is 11.3. The van der Waals surface area contributed by atoms with E-state index in [0.717, 1.165) is 5.56 Å². The molecule has 20 heavy (non-hydrogen) atoms. The monoisotopic (exact) mass is 300 g/mol. The van der Waals surface area contributed by atoms with E-state index in [1.807, 2.05) is 0 Å². The number of methoxy groups -OCH3 is 1. The molecule has 0 N–H and O–H groups in total. The van der Waals surface area contributed by atoms with E-state index >= 15 is 0 Å². The van der Waals surface area contributed by atoms with Crippen LogP contribution >= 0.6 is 11.6 Å². The number of halogens is 3. The molecule has 106 valence electrons. The predicted molar refractivity (Wildman–Crippen MR) is 70.2 cm³/mol. The van der Waals surface area contributed by atoms with E-state index in [0.29, 0.717) is 17.0 Å². The molecule has 0 amide bonds. The van der Waals surface area contributed by atoms with Crippen LogP contribution in [0.2, 0.25) is 0 Å². The van der Waals surface area contributed by atoms with Crippen molar-refractivity contribution in [3.8, 4) is 22.9 Å². The van der Waals surface area contributed by atoms with Crippen molar-refractivity contribution in [2.24, 2.45) is 0 Å². The van der Waals surface area contributed by atoms with Gasteiger partial charge in [-0.05, 0) is 23.3 Å². The summed E-state index contributed by atoms with van der Waals surface area (Å²) in [4.78, 5) is 7.83. The van der Waals surface area contributed by atoms with Gasteiger partial charge in [0.05, 0.1) is 7.11 Å². The lowest BCUT2D eigenvalue weighted by Gasteiger charge is -2.10. The average molecular weight is 301 g/mol. The van der Waals surface area contributed by atoms with Gasteiger partial charge >= 0.3 is 6.61 Å². The Balaban J connectivity index is 2.44. The van der Waals surface area contributed by atoms with Gasteiger partial charge in [-0.3, -0.25) is 0 Å². The summed E-state index contributed by atoms with van der Waals surface area (Å²) < 4.78 is 33.8. The number of hydrogen-bond acceptors (Lipinski definition) is 4. The van der Waals surface area contributed by atoms with E-state index in [1.54, 1.807) is 18.3 Å². The van der Waals surface area contributed by atoms with Crippen molar-refractivity contribution < 1.29 is 18.3 Å². The highest BCUT2D eigenvalue weighted by molar-refractivity contribution is 6.17. The van der Waals surface area contributed by atoms with Gasteiger partial charge in [0.25, 0.3) is 0 Å². The molecule has 0 unspecified atom stereocenters. The molecule has 0 aromatic carbocycles. The summed E-state index contributed by atoms with van der Waals surface area (Å²) in [6.07, 6.45) is 2.97. The Bertz CT molecular complexity index is 596. The fourth-order valence-corrected chi connectivity index (χ4v) is 1.82. The summed E-state index contributed by atoms with van der Waals surface area (Å²) in [6.45, 7) is -2.92. The second-order valence-corrected chi connectivity index (χ2v) is 4.06. The van der Waals surface area contributed by atoms with Crippen molar-refractivity contribution in [2.75, 3.05) is 7.11 Å². The highest BCUT2D eigenvalue weighted by Gasteiger charge is 2.12. The number of hydrogen-bond donors (Lipinski definition) is 0. The average Bonchev–Trinajstić information content (AvgIpc) is 2.46. The van der Waals surface area contributed by atoms with Gasteiger partial charge in [0, 0.05) is 29.9 Å². The fraction of sp³-hybridized carbons (Fsp3) is 0.231. The standard InChI is InChI=1S/C13H11ClF2N2O2/c1-19-12-10(4-8(6-14)7-18-12)9-2-3-17-11(5-9)20-13(15)16/h2-5,7,13H,6H2,1H3. The first-order chi connectivity index (χ1) is 9.63. The summed E-state index contributed by atoms with van der Waals surface area (Å²) in [5.41, 5.74) is 2.02. The van der Waals surface area contributed by atoms with Gasteiger partial charge in [0.15, 0.2) is 0 Å². The zero-order valence-electron chi connectivity index (χ0n) is 10.5. The Morgan fingerprint density at radius 2 is 2.10 bits per heavy atom. The first-order valence-electron chi connectivity index (χ1n) is 5.64. The Morgan fingerprint density at radius 3 is 2.75 bits per heavy atom. The van der Waals surface area contributed by atoms with Gasteiger partial charge in [-0.1, -0.05) is 0 Å². The Morgan fingerprint density at radius 1 is 1.30 bits per heavy atom. The SMILES string of the molecule is COc1ncc(CCl)cc1-c1ccnc(OC(F)F)c1. The molecule has 0 saturated heterocycles. The van der Waals surface area contributed by atoms with Crippen LogP contribution in [0.25, 0.3) is 11.1 Å². The molecule has 4 nitrogen and oxygen atoms in total. The Hall–Kier alpha value is -1.95. The van der Waals surface area contributed by atoms with E-state index < -0.39 is 6.61 Å². The first-order valence-corrected chi connectivity index (χ1v) is 6.17. The quantitative estimate of drug-likeness (QED) is 0.793. The molecular formula is C13H11ClF2N2O2. The molecule has 0 aliphatic carbocycles. The molecule has 0 fully saturated rings. The number of aromatic nitrogens is 2. The minimum atomic E-state index is -2.92. The van der Waals surface area contributed by atoms with E-state index in [1.165, 1.54) is 19.4 Å². The molecule has 2 aromatic heterocycles. The maximum atomic E-state index is 12.2. The molecule has 0 aliphatic rings. The number of pyridine rings is 2. The number of ether oxygens (including phenoxy) is 2. The maximum Gasteiger partial charge on any atom is 0.388 e. The van der Waals surface area contributed by atoms with E-state index in [4.69, 9.17) is 16.3 Å². The van der Waals surface area contributed by atoms with E-state index in [-0.39, 0.29) is 11.8 Å². The molecule has 0 saturated carbocycles. The first kappa shape index (κ1) is 14.5. The molecule has 0 aliphatic heterocycles. The van der Waals surface area contributed by atoms with Gasteiger partial charge in [-0.2, -0.15) is 8.78 Å². The third-order valence-electron chi connectivity index (χ3n) is 2.51. The molecular weight excluding hydrogens is 290 g/mol. The van der Waals surface area contributed by atoms with Gasteiger partial charge < -0.3 is 9.47 Å². The van der Waals surface area contributed by atoms with E-state index in [2.05, 4.69) is 14.7 Å². The lowest BCUT2D eigenvalue weighted by molar-refractivity contribution is -0.0528. The van der Waals surface area contributed by atoms with Crippen molar-refractivity contribution in [1.29, 1.82) is 0 Å². The maximum absolute atomic E-state index is 12.2. The normalized spacial score (nSPS) is 10.7. The molecule has 0 atom stereocenters. The van der Waals surface area contributed by atoms with Crippen LogP contribution in [0.4, 0.5) is 8.78 Å². The topological polar surface area (TPSA) is 44.2 Å². The molecule has 0 radical (unpaired) electrons. The van der Waals surface area contributed by atoms with Crippen LogP contribution in [0.3, 0.4) is 0 Å². The van der Waals surface area contributed by atoms with Crippen molar-refractivity contribution in [1.82, 2.24) is 9.97 Å². The smallest absolute Gasteiger partial charge is 0.388 e. The molecule has 2 heterocycles. The van der Waals surface area contributed by atoms with Crippen molar-refractivity contribution in [3.05, 3.63) is 36.2 Å². The molecule has 2 rings (SSSR count). The van der Waals surface area contributed by atoms with Crippen LogP contribution in [0.1, 0.15) is 5.56 Å². The largest absolute Gasteiger partial charge is 0.481 e. The Kier molecular flexibility index (Phi) is 4.68. The second-order valence-electron chi connectivity index (χ2n) is 3.80. The predicted octanol–water partition coefficient (Wildman–Crippen LogP) is 3.49. The van der Waals surface area contributed by atoms with Crippen LogP contribution in [0, 0.1) is 0 Å². The van der Waals surface area contributed by atoms with Crippen molar-refractivity contribution >= 4 is 11.6 Å². The van der Waals surface area contributed by atoms with E-state index in [9.17, 15) is 8.78 Å². The minimum absolute atomic E-state index is 0.171. The van der Waals surface area contributed by atoms with Crippen LogP contribution in [-0.2, 0) is 5.88 Å². The van der Waals surface area contributed by atoms with Gasteiger partial charge in [-0.15, -0.1) is 11.6 Å². The molecule has 7 heteroatoms. The van der Waals surface area contributed by atoms with Crippen LogP contribution in [0.5, 0.6) is 11.8 Å². The molecule has 0 bridgehead atoms. The highest BCUT2D eigenvalue weighted by Crippen LogP contribution is 2.30. The van der Waals surface area contributed by atoms with Crippen molar-refractivity contribution in [3.63, 3.8) is 0 Å². The highest BCUT2D eigenvalue weighted by atomic mass is 35.5. The number of nitrogens with zero attached hydrogens (tertiary/aromatic N) is 2. The summed E-state index contributed by atoms with van der Waals surface area (Å²) >= 11 is 5.76. The zero-order chi connectivity index (χ0) is 14.5. The summed E-state index contributed by atoms with van der Waals surface area (Å²) in [6, 6.07) is 4.82. The van der Waals surface area contributed by atoms with Gasteiger partial charge in [0.1, 0.15) is 0 Å². The van der Waals surface area contributed by atoms with Crippen molar-refractivity contribution in [2.45, 2.75) is 12.5 Å². The summed E-state index contributed by atoms with van der Waals surface area (Å²) in [7, 11) is 1.48. The number of alkyl halides is 3. The van der Waals surface area contributed by atoms with Crippen LogP contribution in [-0.4, -0.2) is 23.7 Å². The minimum Gasteiger partial charge on any atom is -0.481 e. The molecule has 2 aromatic rings. The van der Waals surface area contributed by atoms with Gasteiger partial charge in [0.2, 0.25) is 11.8 Å². The Labute approximate surface area is 119 Å². The molecule has 0 spiro atoms. The number of rotatable bonds is 5. The third-order valence-corrected chi connectivity index (χ3v) is 2.82. The summed E-state index contributed by atoms with van der Waals surface area (Å²) in [5.74, 6) is 0.485. The summed E-state index contributed by atoms with van der Waals surface area (Å²) in [5, 5.41) is 0. The fourth-order valence-electron chi connectivity index (χ4n) is 1.67. The van der Waals surface area contributed by atoms with Gasteiger partial charge in [-0.25, -0.2) is 9.97 Å². The van der Waals surface area contributed by atoms with Crippen LogP contribution in [0.15, 0.2) is 30.6 Å².